The van der Waals surface area contributed by atoms with Gasteiger partial charge in [-0.3, -0.25) is 14.6 Å². The van der Waals surface area contributed by atoms with Gasteiger partial charge in [0.1, 0.15) is 0 Å². The zero-order valence-corrected chi connectivity index (χ0v) is 16.7. The van der Waals surface area contributed by atoms with Gasteiger partial charge in [0.25, 0.3) is 0 Å². The van der Waals surface area contributed by atoms with Crippen molar-refractivity contribution in [3.63, 3.8) is 0 Å². The zero-order chi connectivity index (χ0) is 19.1. The molecule has 0 saturated carbocycles. The molecule has 0 aliphatic carbocycles. The fourth-order valence-electron chi connectivity index (χ4n) is 3.57. The van der Waals surface area contributed by atoms with Crippen LogP contribution >= 0.6 is 11.6 Å². The van der Waals surface area contributed by atoms with Crippen LogP contribution in [-0.2, 0) is 17.9 Å². The number of rotatable bonds is 7. The van der Waals surface area contributed by atoms with Crippen LogP contribution < -0.4 is 5.32 Å². The van der Waals surface area contributed by atoms with Crippen LogP contribution in [0.4, 0.5) is 0 Å². The van der Waals surface area contributed by atoms with E-state index < -0.39 is 0 Å². The second-order valence-corrected chi connectivity index (χ2v) is 7.77. The summed E-state index contributed by atoms with van der Waals surface area (Å²) in [6, 6.07) is 18.6. The number of likely N-dealkylation sites (tertiary alicyclic amines) is 1. The Morgan fingerprint density at radius 2 is 1.78 bits per heavy atom. The van der Waals surface area contributed by atoms with Crippen LogP contribution in [0.15, 0.2) is 54.6 Å². The predicted molar refractivity (Wildman–Crippen MR) is 111 cm³/mol. The summed E-state index contributed by atoms with van der Waals surface area (Å²) in [6.45, 7) is 4.09. The minimum atomic E-state index is 0.0889. The first-order chi connectivity index (χ1) is 13.1. The van der Waals surface area contributed by atoms with Crippen LogP contribution in [0.5, 0.6) is 0 Å². The van der Waals surface area contributed by atoms with Crippen LogP contribution in [-0.4, -0.2) is 48.4 Å². The smallest absolute Gasteiger partial charge is 0.234 e. The molecule has 1 amide bonds. The van der Waals surface area contributed by atoms with Crippen molar-refractivity contribution >= 4 is 17.5 Å². The van der Waals surface area contributed by atoms with E-state index >= 15 is 0 Å². The van der Waals surface area contributed by atoms with Crippen LogP contribution in [0.3, 0.4) is 0 Å². The number of amides is 1. The summed E-state index contributed by atoms with van der Waals surface area (Å²) in [7, 11) is 1.95. The number of nitrogens with one attached hydrogen (secondary N) is 1. The Labute approximate surface area is 167 Å². The third kappa shape index (κ3) is 6.35. The highest BCUT2D eigenvalue weighted by atomic mass is 35.5. The third-order valence-corrected chi connectivity index (χ3v) is 5.38. The Morgan fingerprint density at radius 3 is 2.48 bits per heavy atom. The van der Waals surface area contributed by atoms with E-state index in [-0.39, 0.29) is 11.9 Å². The standard InChI is InChI=1S/C22H28ClN3O/c1-25(16-19-9-5-6-10-21(19)23)17-22(27)24-20-11-13-26(14-12-20)15-18-7-3-2-4-8-18/h2-10,20H,11-17H2,1H3,(H,24,27). The van der Waals surface area contributed by atoms with Crippen molar-refractivity contribution in [2.24, 2.45) is 0 Å². The SMILES string of the molecule is CN(CC(=O)NC1CCN(Cc2ccccc2)CC1)Cc1ccccc1Cl. The van der Waals surface area contributed by atoms with Crippen LogP contribution in [0, 0.1) is 0 Å². The van der Waals surface area contributed by atoms with Crippen LogP contribution in [0.25, 0.3) is 0 Å². The molecule has 3 rings (SSSR count). The van der Waals surface area contributed by atoms with Crippen LogP contribution in [0.1, 0.15) is 24.0 Å². The molecule has 0 radical (unpaired) electrons. The Balaban J connectivity index is 1.38. The fraction of sp³-hybridized carbons (Fsp3) is 0.409. The van der Waals surface area contributed by atoms with Crippen molar-refractivity contribution in [1.29, 1.82) is 0 Å². The molecule has 1 aliphatic rings. The second kappa shape index (κ2) is 9.88. The third-order valence-electron chi connectivity index (χ3n) is 5.01. The minimum Gasteiger partial charge on any atom is -0.352 e. The molecule has 0 unspecified atom stereocenters. The molecule has 0 aromatic heterocycles. The van der Waals surface area contributed by atoms with Gasteiger partial charge in [0, 0.05) is 37.2 Å². The average molecular weight is 386 g/mol. The summed E-state index contributed by atoms with van der Waals surface area (Å²) >= 11 is 6.20. The molecule has 0 bridgehead atoms. The Bertz CT molecular complexity index is 729. The molecule has 27 heavy (non-hydrogen) atoms. The van der Waals surface area contributed by atoms with E-state index in [9.17, 15) is 4.79 Å². The quantitative estimate of drug-likeness (QED) is 0.791. The van der Waals surface area contributed by atoms with Gasteiger partial charge in [-0.25, -0.2) is 0 Å². The zero-order valence-electron chi connectivity index (χ0n) is 15.9. The van der Waals surface area contributed by atoms with Gasteiger partial charge in [-0.1, -0.05) is 60.1 Å². The first kappa shape index (κ1) is 19.9. The Kier molecular flexibility index (Phi) is 7.27. The lowest BCUT2D eigenvalue weighted by molar-refractivity contribution is -0.123. The normalized spacial score (nSPS) is 15.8. The van der Waals surface area contributed by atoms with Gasteiger partial charge in [-0.15, -0.1) is 0 Å². The van der Waals surface area contributed by atoms with Crippen molar-refractivity contribution < 1.29 is 4.79 Å². The Morgan fingerprint density at radius 1 is 1.11 bits per heavy atom. The number of likely N-dealkylation sites (N-methyl/N-ethyl adjacent to an activating group) is 1. The molecule has 1 heterocycles. The highest BCUT2D eigenvalue weighted by molar-refractivity contribution is 6.31. The number of carbonyl (C=O) groups is 1. The lowest BCUT2D eigenvalue weighted by atomic mass is 10.0. The van der Waals surface area contributed by atoms with Crippen molar-refractivity contribution in [3.8, 4) is 0 Å². The average Bonchev–Trinajstić information content (AvgIpc) is 2.66. The largest absolute Gasteiger partial charge is 0.352 e. The number of halogens is 1. The predicted octanol–water partition coefficient (Wildman–Crippen LogP) is 3.55. The van der Waals surface area contributed by atoms with E-state index in [2.05, 4.69) is 34.5 Å². The number of benzene rings is 2. The molecule has 1 saturated heterocycles. The molecule has 4 nitrogen and oxygen atoms in total. The maximum atomic E-state index is 12.4. The number of nitrogens with zero attached hydrogens (tertiary/aromatic N) is 2. The lowest BCUT2D eigenvalue weighted by Gasteiger charge is -2.32. The van der Waals surface area contributed by atoms with E-state index in [1.807, 2.05) is 42.3 Å². The number of carbonyl (C=O) groups excluding carboxylic acids is 1. The molecular formula is C22H28ClN3O. The fourth-order valence-corrected chi connectivity index (χ4v) is 3.76. The molecule has 0 atom stereocenters. The van der Waals surface area contributed by atoms with Crippen LogP contribution in [0.2, 0.25) is 5.02 Å². The lowest BCUT2D eigenvalue weighted by Crippen LogP contribution is -2.46. The van der Waals surface area contributed by atoms with Gasteiger partial charge < -0.3 is 5.32 Å². The van der Waals surface area contributed by atoms with Crippen molar-refractivity contribution in [2.75, 3.05) is 26.7 Å². The topological polar surface area (TPSA) is 35.6 Å². The van der Waals surface area contributed by atoms with Gasteiger partial charge in [-0.05, 0) is 37.1 Å². The molecule has 0 spiro atoms. The molecule has 5 heteroatoms. The molecule has 1 N–H and O–H groups in total. The van der Waals surface area contributed by atoms with Crippen molar-refractivity contribution in [3.05, 3.63) is 70.7 Å². The number of hydrogen-bond acceptors (Lipinski definition) is 3. The second-order valence-electron chi connectivity index (χ2n) is 7.37. The maximum Gasteiger partial charge on any atom is 0.234 e. The monoisotopic (exact) mass is 385 g/mol. The van der Waals surface area contributed by atoms with E-state index in [4.69, 9.17) is 11.6 Å². The molecular weight excluding hydrogens is 358 g/mol. The van der Waals surface area contributed by atoms with E-state index in [0.29, 0.717) is 13.1 Å². The summed E-state index contributed by atoms with van der Waals surface area (Å²) in [5.41, 5.74) is 2.39. The minimum absolute atomic E-state index is 0.0889. The van der Waals surface area contributed by atoms with Gasteiger partial charge >= 0.3 is 0 Å². The van der Waals surface area contributed by atoms with Gasteiger partial charge in [0.15, 0.2) is 0 Å². The Hall–Kier alpha value is -1.88. The molecule has 144 valence electrons. The molecule has 2 aromatic rings. The van der Waals surface area contributed by atoms with Crippen molar-refractivity contribution in [1.82, 2.24) is 15.1 Å². The molecule has 1 fully saturated rings. The number of hydrogen-bond donors (Lipinski definition) is 1. The first-order valence-corrected chi connectivity index (χ1v) is 9.95. The highest BCUT2D eigenvalue weighted by Crippen LogP contribution is 2.17. The van der Waals surface area contributed by atoms with Crippen molar-refractivity contribution in [2.45, 2.75) is 32.0 Å². The first-order valence-electron chi connectivity index (χ1n) is 9.58. The maximum absolute atomic E-state index is 12.4. The molecule has 2 aromatic carbocycles. The summed E-state index contributed by atoms with van der Waals surface area (Å²) in [5.74, 6) is 0.0889. The summed E-state index contributed by atoms with van der Waals surface area (Å²) < 4.78 is 0. The van der Waals surface area contributed by atoms with E-state index in [1.165, 1.54) is 5.56 Å². The van der Waals surface area contributed by atoms with Gasteiger partial charge in [-0.2, -0.15) is 0 Å². The highest BCUT2D eigenvalue weighted by Gasteiger charge is 2.21. The summed E-state index contributed by atoms with van der Waals surface area (Å²) in [5, 5.41) is 3.94. The molecule has 1 aliphatic heterocycles. The summed E-state index contributed by atoms with van der Waals surface area (Å²) in [4.78, 5) is 16.8. The van der Waals surface area contributed by atoms with Gasteiger partial charge in [0.2, 0.25) is 5.91 Å². The number of piperidine rings is 1. The van der Waals surface area contributed by atoms with E-state index in [1.54, 1.807) is 0 Å². The summed E-state index contributed by atoms with van der Waals surface area (Å²) in [6.07, 6.45) is 2.01. The van der Waals surface area contributed by atoms with Gasteiger partial charge in [0.05, 0.1) is 6.54 Å². The van der Waals surface area contributed by atoms with E-state index in [0.717, 1.165) is 43.1 Å².